The summed E-state index contributed by atoms with van der Waals surface area (Å²) in [7, 11) is 2.38. The van der Waals surface area contributed by atoms with Crippen LogP contribution in [0.5, 0.6) is 0 Å². The van der Waals surface area contributed by atoms with Gasteiger partial charge in [-0.2, -0.15) is 0 Å². The molecule has 0 saturated carbocycles. The van der Waals surface area contributed by atoms with Crippen molar-refractivity contribution >= 4 is 0 Å². The lowest BCUT2D eigenvalue weighted by Crippen LogP contribution is -3.00. The molecule has 22 rings (SSSR count). The van der Waals surface area contributed by atoms with E-state index in [1.54, 1.807) is 0 Å². The molecule has 22 aliphatic heterocycles. The van der Waals surface area contributed by atoms with Crippen molar-refractivity contribution in [2.45, 2.75) is 249 Å². The van der Waals surface area contributed by atoms with E-state index in [0.29, 0.717) is 5.41 Å². The van der Waals surface area contributed by atoms with Gasteiger partial charge >= 0.3 is 0 Å². The van der Waals surface area contributed by atoms with Crippen molar-refractivity contribution < 1.29 is 195 Å². The Kier molecular flexibility index (Phi) is 28.3. The van der Waals surface area contributed by atoms with E-state index in [4.69, 9.17) is 66.3 Å². The Bertz CT molecular complexity index is 1880. The average Bonchev–Trinajstić information content (AvgIpc) is 1.05. The first-order valence-corrected chi connectivity index (χ1v) is 30.4. The minimum atomic E-state index is -2.21. The molecular formula is C55H96BrNO35. The van der Waals surface area contributed by atoms with Crippen LogP contribution in [0.3, 0.4) is 0 Å². The van der Waals surface area contributed by atoms with Crippen LogP contribution in [-0.2, 0) is 66.3 Å². The highest BCUT2D eigenvalue weighted by atomic mass is 79.9. The topological polar surface area (TPSA) is 554 Å². The molecule has 22 aliphatic rings. The van der Waals surface area contributed by atoms with Crippen molar-refractivity contribution in [2.24, 2.45) is 11.3 Å². The summed E-state index contributed by atoms with van der Waals surface area (Å²) in [6, 6.07) is 0. The molecule has 0 aromatic rings. The molecule has 0 radical (unpaired) electrons. The summed E-state index contributed by atoms with van der Waals surface area (Å²) in [6.45, 7) is 7.49. The molecule has 0 aromatic carbocycles. The van der Waals surface area contributed by atoms with Crippen molar-refractivity contribution in [1.82, 2.24) is 0 Å². The predicted molar refractivity (Wildman–Crippen MR) is 292 cm³/mol. The van der Waals surface area contributed by atoms with Gasteiger partial charge in [0.1, 0.15) is 171 Å². The Morgan fingerprint density at radius 2 is 0.533 bits per heavy atom. The lowest BCUT2D eigenvalue weighted by molar-refractivity contribution is -0.911. The maximum Gasteiger partial charge on any atom is 0.187 e. The van der Waals surface area contributed by atoms with Crippen molar-refractivity contribution in [2.75, 3.05) is 72.9 Å². The number of hydrogen-bond donors (Lipinski definition) is 21. The van der Waals surface area contributed by atoms with Gasteiger partial charge in [0, 0.05) is 11.3 Å². The molecule has 92 heavy (non-hydrogen) atoms. The van der Waals surface area contributed by atoms with Gasteiger partial charge in [0.25, 0.3) is 0 Å². The normalized spacial score (nSPS) is 52.1. The van der Waals surface area contributed by atoms with E-state index in [1.807, 2.05) is 0 Å². The van der Waals surface area contributed by atoms with Crippen LogP contribution < -0.4 is 17.0 Å². The summed E-state index contributed by atoms with van der Waals surface area (Å²) < 4.78 is 80.6. The molecule has 22 heterocycles. The van der Waals surface area contributed by atoms with Crippen molar-refractivity contribution in [3.8, 4) is 0 Å². The molecule has 538 valence electrons. The Balaban J connectivity index is 0.000000708. The van der Waals surface area contributed by atoms with Gasteiger partial charge in [0.05, 0.1) is 72.9 Å². The van der Waals surface area contributed by atoms with Gasteiger partial charge in [-0.1, -0.05) is 27.4 Å². The number of ether oxygens (including phenoxy) is 14. The van der Waals surface area contributed by atoms with Gasteiger partial charge < -0.3 is 195 Å². The fourth-order valence-electron chi connectivity index (χ4n) is 13.5. The highest BCUT2D eigenvalue weighted by Crippen LogP contribution is 2.40. The number of halogens is 1. The first kappa shape index (κ1) is 78.1. The highest BCUT2D eigenvalue weighted by molar-refractivity contribution is 5.02. The Morgan fingerprint density at radius 3 is 0.696 bits per heavy atom. The number of rotatable bonds is 9. The number of hydrogen-bond acceptors (Lipinski definition) is 35. The third-order valence-electron chi connectivity index (χ3n) is 18.2. The number of quaternary nitrogens is 1. The standard InChI is InChI=1S/C42H70O35.C13H26N.BrH/c43-1-8-29-15(50)22(57)36(64-8)72-30-9(2-44)66-38(24(59)17(30)52)74-32-11(4-46)68-40(26(61)19(32)54)76-34-13(6-48)70-42(28(63)21(34)56)77-35-14(7-49)69-41(27(62)20(35)55)75-33-12(5-47)67-39(25(60)18(33)53)73-31-10(3-45)65-37(71-29)23(58)16(31)51;1-6-9-14(5)10-12(2)7-8-13(3,4)11-14;/h8-63H,1-7H2;6,12H,1,7-11H2,2-5H3;1H/q;+1;/p-1/t8-,9-,10-,11-,12-,13-,14-,15-,16-,17-,18-,19-,20-,21-,22-,23-,24-,25-,26-,27-,28-,29-,30-,31-,32-,33-,34-,35-,36-,37-,38-,39-,40-,41-,42-;;/m1../s1. The van der Waals surface area contributed by atoms with Crippen LogP contribution in [0.2, 0.25) is 0 Å². The monoisotopic (exact) mass is 1410 g/mol. The molecule has 22 fully saturated rings. The molecule has 2 unspecified atom stereocenters. The SMILES string of the molecule is C=CC[N+]1(C)CC(C)CCC(C)(C)C1.OC[C@H]1O[C@@H]2O[C@H]3[C@H](O)[C@@H](O)[C@@H](O[C@H]4[C@H](O)[C@@H](O)[C@@H](O[C@H]5[C@H](O)[C@@H](O)[C@@H](O[C@H]6[C@H](O)[C@@H](O)[C@@H](O[C@H]7[C@H](O)[C@@H](O)[C@@H](O[C@H]8[C@H](O)[C@@H](O)[C@@H](O[C@H]1[C@H](O)[C@H]2O)O[C@@H]8CO)O[C@@H]7CO)O[C@@H]6CO)O[C@@H]5CO)O[C@@H]4CO)O[C@@H]3CO.[Br-]. The highest BCUT2D eigenvalue weighted by Gasteiger charge is 2.60. The Labute approximate surface area is 538 Å². The van der Waals surface area contributed by atoms with Gasteiger partial charge in [-0.15, -0.1) is 0 Å². The van der Waals surface area contributed by atoms with Crippen molar-refractivity contribution in [3.05, 3.63) is 12.7 Å². The van der Waals surface area contributed by atoms with E-state index in [-0.39, 0.29) is 17.0 Å². The minimum absolute atomic E-state index is 0. The van der Waals surface area contributed by atoms with Gasteiger partial charge in [-0.3, -0.25) is 0 Å². The summed E-state index contributed by atoms with van der Waals surface area (Å²) in [5.41, 5.74) is 0.503. The number of aliphatic hydroxyl groups is 21. The minimum Gasteiger partial charge on any atom is -1.00 e. The van der Waals surface area contributed by atoms with E-state index in [0.717, 1.165) is 12.5 Å². The summed E-state index contributed by atoms with van der Waals surface area (Å²) in [6.07, 6.45) is -65.4. The second-order valence-electron chi connectivity index (χ2n) is 25.9. The molecule has 22 saturated heterocycles. The maximum absolute atomic E-state index is 11.3. The van der Waals surface area contributed by atoms with E-state index in [2.05, 4.69) is 40.5 Å². The number of likely N-dealkylation sites (tertiary alicyclic amines) is 1. The fraction of sp³-hybridized carbons (Fsp3) is 0.964. The zero-order valence-corrected chi connectivity index (χ0v) is 52.6. The lowest BCUT2D eigenvalue weighted by atomic mass is 9.86. The van der Waals surface area contributed by atoms with Crippen molar-refractivity contribution in [3.63, 3.8) is 0 Å². The summed E-state index contributed by atoms with van der Waals surface area (Å²) in [5.74, 6) is 0.863. The van der Waals surface area contributed by atoms with Crippen LogP contribution >= 0.6 is 0 Å². The van der Waals surface area contributed by atoms with Crippen LogP contribution in [0.1, 0.15) is 33.6 Å². The van der Waals surface area contributed by atoms with E-state index >= 15 is 0 Å². The Morgan fingerprint density at radius 1 is 0.348 bits per heavy atom. The second-order valence-corrected chi connectivity index (χ2v) is 25.9. The van der Waals surface area contributed by atoms with E-state index in [1.165, 1.54) is 30.4 Å². The first-order chi connectivity index (χ1) is 43.0. The molecule has 0 aromatic heterocycles. The summed E-state index contributed by atoms with van der Waals surface area (Å²) in [5, 5.41) is 230. The molecule has 0 spiro atoms. The average molecular weight is 1410 g/mol. The Hall–Kier alpha value is -1.22. The molecule has 21 N–H and O–H groups in total. The first-order valence-electron chi connectivity index (χ1n) is 30.4. The zero-order valence-electron chi connectivity index (χ0n) is 51.0. The number of nitrogens with zero attached hydrogens (tertiary/aromatic N) is 1. The van der Waals surface area contributed by atoms with Crippen molar-refractivity contribution in [1.29, 1.82) is 0 Å². The molecule has 0 amide bonds. The zero-order chi connectivity index (χ0) is 66.9. The van der Waals surface area contributed by atoms with Gasteiger partial charge in [-0.05, 0) is 18.9 Å². The van der Waals surface area contributed by atoms with Gasteiger partial charge in [0.15, 0.2) is 44.0 Å². The van der Waals surface area contributed by atoms with Crippen LogP contribution in [0.25, 0.3) is 0 Å². The molecule has 37 atom stereocenters. The predicted octanol–water partition coefficient (Wildman–Crippen LogP) is -15.2. The van der Waals surface area contributed by atoms with Crippen LogP contribution in [0, 0.1) is 11.3 Å². The smallest absolute Gasteiger partial charge is 0.187 e. The fourth-order valence-corrected chi connectivity index (χ4v) is 13.5. The molecule has 14 bridgehead atoms. The number of aliphatic hydroxyl groups excluding tert-OH is 21. The van der Waals surface area contributed by atoms with Gasteiger partial charge in [0.2, 0.25) is 0 Å². The lowest BCUT2D eigenvalue weighted by Gasteiger charge is -2.50. The maximum atomic E-state index is 11.3. The third kappa shape index (κ3) is 16.8. The van der Waals surface area contributed by atoms with Crippen LogP contribution in [0.15, 0.2) is 12.7 Å². The molecule has 37 heteroatoms. The summed E-state index contributed by atoms with van der Waals surface area (Å²) >= 11 is 0. The second kappa shape index (κ2) is 33.3. The summed E-state index contributed by atoms with van der Waals surface area (Å²) in [4.78, 5) is 0. The third-order valence-corrected chi connectivity index (χ3v) is 18.2. The molecular weight excluding hydrogens is 1310 g/mol. The van der Waals surface area contributed by atoms with Gasteiger partial charge in [-0.25, -0.2) is 0 Å². The van der Waals surface area contributed by atoms with E-state index in [9.17, 15) is 107 Å². The molecule has 0 aliphatic carbocycles. The van der Waals surface area contributed by atoms with Crippen LogP contribution in [0.4, 0.5) is 0 Å². The quantitative estimate of drug-likeness (QED) is 0.0753. The largest absolute Gasteiger partial charge is 1.00 e. The molecule has 36 nitrogen and oxygen atoms in total. The van der Waals surface area contributed by atoms with E-state index < -0.39 is 261 Å². The number of likely N-dealkylation sites (N-methyl/N-ethyl adjacent to an activating group) is 1. The van der Waals surface area contributed by atoms with Crippen LogP contribution in [-0.4, -0.2) is 400 Å².